The molecule has 2 aromatic rings. The van der Waals surface area contributed by atoms with Crippen LogP contribution >= 0.6 is 0 Å². The van der Waals surface area contributed by atoms with Crippen LogP contribution in [0.4, 0.5) is 0 Å². The molecule has 0 amide bonds. The van der Waals surface area contributed by atoms with Crippen molar-refractivity contribution < 1.29 is 0 Å². The molecule has 3 aliphatic carbocycles. The molecule has 1 aromatic carbocycles. The fourth-order valence-corrected chi connectivity index (χ4v) is 6.40. The van der Waals surface area contributed by atoms with Gasteiger partial charge in [0.05, 0.1) is 17.8 Å². The molecule has 2 bridgehead atoms. The van der Waals surface area contributed by atoms with Crippen molar-refractivity contribution in [3.8, 4) is 5.69 Å². The van der Waals surface area contributed by atoms with Gasteiger partial charge in [0.1, 0.15) is 0 Å². The van der Waals surface area contributed by atoms with Crippen molar-refractivity contribution in [3.63, 3.8) is 0 Å². The molecule has 7 rings (SSSR count). The topological polar surface area (TPSA) is 48.9 Å². The summed E-state index contributed by atoms with van der Waals surface area (Å²) in [6, 6.07) is 9.22. The molecule has 0 N–H and O–H groups in total. The minimum atomic E-state index is -0.215. The minimum Gasteiger partial charge on any atom is -0.245 e. The second-order valence-electron chi connectivity index (χ2n) is 8.13. The molecule has 132 valence electrons. The van der Waals surface area contributed by atoms with E-state index in [0.29, 0.717) is 11.6 Å². The fraction of sp³-hybridized carbons (Fsp3) is 0.429. The molecule has 4 atom stereocenters. The summed E-state index contributed by atoms with van der Waals surface area (Å²) in [7, 11) is 0. The van der Waals surface area contributed by atoms with Crippen LogP contribution in [-0.4, -0.2) is 13.9 Å². The van der Waals surface area contributed by atoms with Crippen LogP contribution in [-0.2, 0) is 0 Å². The molecule has 1 aromatic heterocycles. The molecular formula is C21H21N3O2. The molecule has 0 unspecified atom stereocenters. The maximum absolute atomic E-state index is 13.3. The number of aromatic nitrogens is 3. The van der Waals surface area contributed by atoms with E-state index in [2.05, 4.69) is 19.1 Å². The number of rotatable bonds is 1. The first-order chi connectivity index (χ1) is 12.7. The molecule has 1 fully saturated rings. The van der Waals surface area contributed by atoms with Crippen LogP contribution < -0.4 is 11.4 Å². The molecule has 2 aliphatic heterocycles. The zero-order valence-electron chi connectivity index (χ0n) is 14.8. The van der Waals surface area contributed by atoms with Crippen molar-refractivity contribution in [2.75, 3.05) is 0 Å². The van der Waals surface area contributed by atoms with E-state index in [1.54, 1.807) is 14.9 Å². The molecule has 1 spiro atoms. The maximum atomic E-state index is 13.3. The summed E-state index contributed by atoms with van der Waals surface area (Å²) in [4.78, 5) is 26.5. The summed E-state index contributed by atoms with van der Waals surface area (Å²) in [5.74, 6) is 0.372. The lowest BCUT2D eigenvalue weighted by molar-refractivity contribution is -0.00781. The van der Waals surface area contributed by atoms with Crippen LogP contribution in [0.5, 0.6) is 0 Å². The van der Waals surface area contributed by atoms with Gasteiger partial charge < -0.3 is 0 Å². The zero-order valence-corrected chi connectivity index (χ0v) is 14.8. The van der Waals surface area contributed by atoms with Crippen molar-refractivity contribution in [2.24, 2.45) is 11.3 Å². The van der Waals surface area contributed by atoms with Gasteiger partial charge in [0.2, 0.25) is 0 Å². The first-order valence-corrected chi connectivity index (χ1v) is 9.56. The van der Waals surface area contributed by atoms with Crippen molar-refractivity contribution in [1.29, 1.82) is 0 Å². The van der Waals surface area contributed by atoms with Gasteiger partial charge in [-0.25, -0.2) is 23.5 Å². The van der Waals surface area contributed by atoms with E-state index in [1.807, 2.05) is 30.3 Å². The smallest absolute Gasteiger partial charge is 0.245 e. The Morgan fingerprint density at radius 1 is 1.00 bits per heavy atom. The number of hydrogen-bond acceptors (Lipinski definition) is 2. The normalized spacial score (nSPS) is 33.5. The van der Waals surface area contributed by atoms with Gasteiger partial charge in [-0.2, -0.15) is 0 Å². The van der Waals surface area contributed by atoms with Gasteiger partial charge in [-0.3, -0.25) is 0 Å². The maximum Gasteiger partial charge on any atom is 0.352 e. The number of nitrogens with zero attached hydrogens (tertiary/aromatic N) is 3. The Kier molecular flexibility index (Phi) is 2.57. The molecule has 0 radical (unpaired) electrons. The summed E-state index contributed by atoms with van der Waals surface area (Å²) in [6.45, 7) is 2.24. The minimum absolute atomic E-state index is 0.0262. The molecule has 3 heterocycles. The van der Waals surface area contributed by atoms with Crippen molar-refractivity contribution in [3.05, 3.63) is 74.6 Å². The van der Waals surface area contributed by atoms with Crippen LogP contribution in [0.2, 0.25) is 0 Å². The Morgan fingerprint density at radius 3 is 2.58 bits per heavy atom. The molecular weight excluding hydrogens is 326 g/mol. The molecule has 5 nitrogen and oxygen atoms in total. The largest absolute Gasteiger partial charge is 0.352 e. The number of para-hydroxylation sites is 1. The molecule has 26 heavy (non-hydrogen) atoms. The van der Waals surface area contributed by atoms with E-state index in [0.717, 1.165) is 12.8 Å². The molecule has 1 saturated carbocycles. The van der Waals surface area contributed by atoms with Gasteiger partial charge in [0, 0.05) is 11.3 Å². The predicted octanol–water partition coefficient (Wildman–Crippen LogP) is 2.97. The SMILES string of the molecule is CC1=C2CCCC[C@@]23[C@@H]1[C@H]1C=C[C@H]3n2c(=O)n(-c3ccccc3)c(=O)n21. The Labute approximate surface area is 150 Å². The lowest BCUT2D eigenvalue weighted by atomic mass is 9.44. The lowest BCUT2D eigenvalue weighted by Gasteiger charge is -2.64. The van der Waals surface area contributed by atoms with Crippen molar-refractivity contribution in [2.45, 2.75) is 44.7 Å². The summed E-state index contributed by atoms with van der Waals surface area (Å²) >= 11 is 0. The zero-order chi connectivity index (χ0) is 17.6. The highest BCUT2D eigenvalue weighted by molar-refractivity contribution is 5.47. The van der Waals surface area contributed by atoms with E-state index >= 15 is 0 Å². The van der Waals surface area contributed by atoms with Crippen LogP contribution in [0, 0.1) is 11.3 Å². The van der Waals surface area contributed by atoms with Gasteiger partial charge in [-0.15, -0.1) is 0 Å². The molecule has 0 saturated heterocycles. The monoisotopic (exact) mass is 347 g/mol. The number of allylic oxidation sites excluding steroid dienone is 4. The highest BCUT2D eigenvalue weighted by Crippen LogP contribution is 2.70. The number of hydrogen-bond donors (Lipinski definition) is 0. The average molecular weight is 347 g/mol. The molecule has 5 heteroatoms. The Balaban J connectivity index is 1.64. The summed E-state index contributed by atoms with van der Waals surface area (Å²) in [6.07, 6.45) is 9.09. The Hall–Kier alpha value is -2.56. The summed E-state index contributed by atoms with van der Waals surface area (Å²) in [5, 5.41) is 0. The van der Waals surface area contributed by atoms with Gasteiger partial charge in [-0.1, -0.05) is 47.9 Å². The highest BCUT2D eigenvalue weighted by Gasteiger charge is 2.64. The summed E-state index contributed by atoms with van der Waals surface area (Å²) in [5.41, 5.74) is 3.32. The van der Waals surface area contributed by atoms with E-state index < -0.39 is 0 Å². The van der Waals surface area contributed by atoms with Crippen LogP contribution in [0.15, 0.2) is 63.2 Å². The van der Waals surface area contributed by atoms with Gasteiger partial charge >= 0.3 is 11.4 Å². The second kappa shape index (κ2) is 4.58. The third-order valence-corrected chi connectivity index (χ3v) is 7.25. The van der Waals surface area contributed by atoms with Crippen molar-refractivity contribution in [1.82, 2.24) is 13.9 Å². The van der Waals surface area contributed by atoms with Crippen molar-refractivity contribution >= 4 is 0 Å². The van der Waals surface area contributed by atoms with E-state index in [1.165, 1.54) is 23.0 Å². The summed E-state index contributed by atoms with van der Waals surface area (Å²) < 4.78 is 4.82. The van der Waals surface area contributed by atoms with E-state index in [4.69, 9.17) is 0 Å². The highest BCUT2D eigenvalue weighted by atomic mass is 16.2. The van der Waals surface area contributed by atoms with Crippen LogP contribution in [0.1, 0.15) is 44.7 Å². The van der Waals surface area contributed by atoms with Crippen LogP contribution in [0.25, 0.3) is 5.69 Å². The Bertz CT molecular complexity index is 1110. The number of benzene rings is 1. The fourth-order valence-electron chi connectivity index (χ4n) is 6.40. The second-order valence-corrected chi connectivity index (χ2v) is 8.13. The standard InChI is InChI=1S/C21H21N3O2/c1-13-15-9-5-6-12-21(15)17-11-10-16(18(13)21)23-19(25)22(20(26)24(17)23)14-7-3-2-4-8-14/h2-4,7-8,10-11,16-18H,5-6,9,12H2,1H3/t16-,17-,18+,21-/m1/s1. The lowest BCUT2D eigenvalue weighted by Crippen LogP contribution is -2.61. The Morgan fingerprint density at radius 2 is 1.77 bits per heavy atom. The first-order valence-electron chi connectivity index (χ1n) is 9.56. The van der Waals surface area contributed by atoms with Crippen LogP contribution in [0.3, 0.4) is 0 Å². The van der Waals surface area contributed by atoms with Gasteiger partial charge in [0.15, 0.2) is 0 Å². The average Bonchev–Trinajstić information content (AvgIpc) is 2.94. The van der Waals surface area contributed by atoms with E-state index in [-0.39, 0.29) is 28.9 Å². The predicted molar refractivity (Wildman–Crippen MR) is 98.6 cm³/mol. The first kappa shape index (κ1) is 14.6. The third-order valence-electron chi connectivity index (χ3n) is 7.25. The quantitative estimate of drug-likeness (QED) is 0.745. The van der Waals surface area contributed by atoms with Gasteiger partial charge in [0.25, 0.3) is 0 Å². The molecule has 5 aliphatic rings. The third kappa shape index (κ3) is 1.38. The van der Waals surface area contributed by atoms with Gasteiger partial charge in [-0.05, 0) is 38.3 Å². The van der Waals surface area contributed by atoms with E-state index in [9.17, 15) is 9.59 Å².